The van der Waals surface area contributed by atoms with Crippen LogP contribution in [0, 0.1) is 5.92 Å². The summed E-state index contributed by atoms with van der Waals surface area (Å²) >= 11 is 2.88. The fraction of sp³-hybridized carbons (Fsp3) is 0.643. The number of thiazole rings is 1. The summed E-state index contributed by atoms with van der Waals surface area (Å²) in [6.45, 7) is 2.36. The fourth-order valence-corrected chi connectivity index (χ4v) is 4.80. The molecule has 1 saturated heterocycles. The van der Waals surface area contributed by atoms with Gasteiger partial charge in [-0.05, 0) is 18.8 Å². The summed E-state index contributed by atoms with van der Waals surface area (Å²) in [5.41, 5.74) is 6.88. The lowest BCUT2D eigenvalue weighted by atomic mass is 9.96. The second-order valence-electron chi connectivity index (χ2n) is 5.74. The minimum atomic E-state index is 0.128. The molecule has 114 valence electrons. The van der Waals surface area contributed by atoms with E-state index < -0.39 is 0 Å². The van der Waals surface area contributed by atoms with Crippen molar-refractivity contribution in [1.82, 2.24) is 9.88 Å². The third-order valence-corrected chi connectivity index (χ3v) is 6.13. The maximum atomic E-state index is 12.2. The van der Waals surface area contributed by atoms with Crippen molar-refractivity contribution in [3.63, 3.8) is 0 Å². The van der Waals surface area contributed by atoms with Crippen LogP contribution in [0.4, 0.5) is 5.13 Å². The molecule has 2 atom stereocenters. The average Bonchev–Trinajstić information content (AvgIpc) is 2.97. The Morgan fingerprint density at radius 2 is 2.33 bits per heavy atom. The molecule has 2 N–H and O–H groups in total. The van der Waals surface area contributed by atoms with Crippen LogP contribution in [0.2, 0.25) is 0 Å². The molecule has 1 aromatic heterocycles. The minimum absolute atomic E-state index is 0.128. The predicted molar refractivity (Wildman–Crippen MR) is 85.3 cm³/mol. The van der Waals surface area contributed by atoms with E-state index in [0.29, 0.717) is 17.5 Å². The van der Waals surface area contributed by atoms with Crippen LogP contribution < -0.4 is 5.73 Å². The van der Waals surface area contributed by atoms with Gasteiger partial charge in [0.1, 0.15) is 0 Å². The number of hydrogen-bond acceptors (Lipinski definition) is 6. The number of amides is 1. The van der Waals surface area contributed by atoms with Crippen LogP contribution in [-0.2, 0) is 22.4 Å². The molecule has 2 heterocycles. The van der Waals surface area contributed by atoms with Crippen molar-refractivity contribution in [1.29, 1.82) is 0 Å². The van der Waals surface area contributed by atoms with Crippen molar-refractivity contribution in [3.05, 3.63) is 10.6 Å². The first kappa shape index (κ1) is 14.8. The molecule has 0 radical (unpaired) electrons. The molecule has 1 aliphatic heterocycles. The van der Waals surface area contributed by atoms with Crippen LogP contribution in [0.25, 0.3) is 0 Å². The molecule has 1 amide bonds. The molecule has 1 fully saturated rings. The molecule has 1 aromatic rings. The lowest BCUT2D eigenvalue weighted by Gasteiger charge is -2.30. The summed E-state index contributed by atoms with van der Waals surface area (Å²) in [6.07, 6.45) is 3.33. The number of nitrogens with zero attached hydrogens (tertiary/aromatic N) is 2. The lowest BCUT2D eigenvalue weighted by Crippen LogP contribution is -2.40. The van der Waals surface area contributed by atoms with Gasteiger partial charge in [-0.15, -0.1) is 11.3 Å². The van der Waals surface area contributed by atoms with Gasteiger partial charge in [-0.2, -0.15) is 0 Å². The van der Waals surface area contributed by atoms with Gasteiger partial charge in [0, 0.05) is 43.0 Å². The fourth-order valence-electron chi connectivity index (χ4n) is 3.15. The molecule has 3 rings (SSSR count). The first-order valence-electron chi connectivity index (χ1n) is 7.20. The number of likely N-dealkylation sites (tertiary alicyclic amines) is 1. The molecule has 0 aromatic carbocycles. The van der Waals surface area contributed by atoms with E-state index in [1.165, 1.54) is 16.6 Å². The average molecular weight is 325 g/mol. The Bertz CT molecular complexity index is 573. The van der Waals surface area contributed by atoms with Crippen molar-refractivity contribution in [2.75, 3.05) is 18.0 Å². The van der Waals surface area contributed by atoms with Crippen LogP contribution in [0.3, 0.4) is 0 Å². The van der Waals surface area contributed by atoms with E-state index in [-0.39, 0.29) is 17.1 Å². The summed E-state index contributed by atoms with van der Waals surface area (Å²) < 4.78 is 0. The smallest absolute Gasteiger partial charge is 0.223 e. The normalized spacial score (nSPS) is 25.2. The molecule has 1 unspecified atom stereocenters. The van der Waals surface area contributed by atoms with E-state index in [2.05, 4.69) is 4.98 Å². The third kappa shape index (κ3) is 3.23. The maximum absolute atomic E-state index is 12.2. The SMILES string of the molecule is CC(=O)SCC1CC(=O)N([C@H]2CCc3nc(N)sc3C2)C1. The van der Waals surface area contributed by atoms with E-state index >= 15 is 0 Å². The summed E-state index contributed by atoms with van der Waals surface area (Å²) in [5.74, 6) is 1.29. The minimum Gasteiger partial charge on any atom is -0.375 e. The second kappa shape index (κ2) is 5.96. The van der Waals surface area contributed by atoms with Crippen molar-refractivity contribution in [2.45, 2.75) is 38.6 Å². The standard InChI is InChI=1S/C14H19N3O2S2/c1-8(18)20-7-9-4-13(19)17(6-9)10-2-3-11-12(5-10)21-14(15)16-11/h9-10H,2-7H2,1H3,(H2,15,16)/t9?,10-/m0/s1. The number of carbonyl (C=O) groups is 2. The number of thioether (sulfide) groups is 1. The highest BCUT2D eigenvalue weighted by molar-refractivity contribution is 8.13. The molecular weight excluding hydrogens is 306 g/mol. The van der Waals surface area contributed by atoms with Gasteiger partial charge in [-0.25, -0.2) is 4.98 Å². The van der Waals surface area contributed by atoms with Crippen molar-refractivity contribution in [3.8, 4) is 0 Å². The Balaban J connectivity index is 1.62. The number of hydrogen-bond donors (Lipinski definition) is 1. The predicted octanol–water partition coefficient (Wildman–Crippen LogP) is 1.71. The molecule has 2 aliphatic rings. The third-order valence-electron chi connectivity index (χ3n) is 4.13. The quantitative estimate of drug-likeness (QED) is 0.915. The van der Waals surface area contributed by atoms with E-state index in [1.807, 2.05) is 4.90 Å². The topological polar surface area (TPSA) is 76.3 Å². The largest absolute Gasteiger partial charge is 0.375 e. The Kier molecular flexibility index (Phi) is 4.21. The Morgan fingerprint density at radius 1 is 1.52 bits per heavy atom. The van der Waals surface area contributed by atoms with Crippen LogP contribution in [0.1, 0.15) is 30.3 Å². The first-order valence-corrected chi connectivity index (χ1v) is 9.00. The monoisotopic (exact) mass is 325 g/mol. The Hall–Kier alpha value is -1.08. The number of aromatic nitrogens is 1. The van der Waals surface area contributed by atoms with E-state index in [1.54, 1.807) is 18.3 Å². The van der Waals surface area contributed by atoms with Crippen molar-refractivity contribution < 1.29 is 9.59 Å². The molecule has 5 nitrogen and oxygen atoms in total. The number of anilines is 1. The highest BCUT2D eigenvalue weighted by Crippen LogP contribution is 2.33. The van der Waals surface area contributed by atoms with Gasteiger partial charge in [-0.3, -0.25) is 9.59 Å². The number of nitrogens with two attached hydrogens (primary N) is 1. The van der Waals surface area contributed by atoms with Crippen LogP contribution in [-0.4, -0.2) is 39.2 Å². The maximum Gasteiger partial charge on any atom is 0.223 e. The number of fused-ring (bicyclic) bond motifs is 1. The summed E-state index contributed by atoms with van der Waals surface area (Å²) in [5, 5.41) is 0.757. The molecular formula is C14H19N3O2S2. The van der Waals surface area contributed by atoms with Gasteiger partial charge in [0.2, 0.25) is 5.91 Å². The zero-order valence-corrected chi connectivity index (χ0v) is 13.6. The molecule has 0 saturated carbocycles. The summed E-state index contributed by atoms with van der Waals surface area (Å²) in [7, 11) is 0. The summed E-state index contributed by atoms with van der Waals surface area (Å²) in [4.78, 5) is 30.9. The van der Waals surface area contributed by atoms with Crippen molar-refractivity contribution in [2.24, 2.45) is 5.92 Å². The zero-order chi connectivity index (χ0) is 15.0. The lowest BCUT2D eigenvalue weighted by molar-refractivity contribution is -0.129. The van der Waals surface area contributed by atoms with Gasteiger partial charge in [0.05, 0.1) is 5.69 Å². The van der Waals surface area contributed by atoms with Gasteiger partial charge in [-0.1, -0.05) is 11.8 Å². The van der Waals surface area contributed by atoms with Crippen LogP contribution in [0.5, 0.6) is 0 Å². The molecule has 21 heavy (non-hydrogen) atoms. The second-order valence-corrected chi connectivity index (χ2v) is 8.05. The Morgan fingerprint density at radius 3 is 3.10 bits per heavy atom. The highest BCUT2D eigenvalue weighted by atomic mass is 32.2. The van der Waals surface area contributed by atoms with Gasteiger partial charge in [0.15, 0.2) is 10.2 Å². The number of nitrogen functional groups attached to an aromatic ring is 1. The molecule has 1 aliphatic carbocycles. The molecule has 0 spiro atoms. The van der Waals surface area contributed by atoms with Crippen LogP contribution >= 0.6 is 23.1 Å². The van der Waals surface area contributed by atoms with Gasteiger partial charge >= 0.3 is 0 Å². The van der Waals surface area contributed by atoms with Gasteiger partial charge in [0.25, 0.3) is 0 Å². The summed E-state index contributed by atoms with van der Waals surface area (Å²) in [6, 6.07) is 0.275. The highest BCUT2D eigenvalue weighted by Gasteiger charge is 2.36. The molecule has 0 bridgehead atoms. The number of carbonyl (C=O) groups excluding carboxylic acids is 2. The van der Waals surface area contributed by atoms with Crippen LogP contribution in [0.15, 0.2) is 0 Å². The Labute approximate surface area is 132 Å². The van der Waals surface area contributed by atoms with E-state index in [0.717, 1.165) is 37.3 Å². The van der Waals surface area contributed by atoms with E-state index in [4.69, 9.17) is 5.73 Å². The van der Waals surface area contributed by atoms with E-state index in [9.17, 15) is 9.59 Å². The van der Waals surface area contributed by atoms with Crippen molar-refractivity contribution >= 4 is 39.3 Å². The van der Waals surface area contributed by atoms with Gasteiger partial charge < -0.3 is 10.6 Å². The first-order chi connectivity index (χ1) is 10.0. The molecule has 7 heteroatoms. The number of aryl methyl sites for hydroxylation is 1. The zero-order valence-electron chi connectivity index (χ0n) is 12.0. The number of rotatable bonds is 3.